The maximum Gasteiger partial charge on any atom is 0.117 e. The fraction of sp³-hybridized carbons (Fsp3) is 0.333. The van der Waals surface area contributed by atoms with E-state index in [9.17, 15) is 5.11 Å². The van der Waals surface area contributed by atoms with Crippen LogP contribution in [0.5, 0.6) is 5.75 Å². The summed E-state index contributed by atoms with van der Waals surface area (Å²) in [5.74, 6) is 0.537. The normalized spacial score (nSPS) is 10.6. The smallest absolute Gasteiger partial charge is 0.117 e. The lowest BCUT2D eigenvalue weighted by Crippen LogP contribution is -1.95. The van der Waals surface area contributed by atoms with Gasteiger partial charge in [0.05, 0.1) is 5.02 Å². The average Bonchev–Trinajstić information content (AvgIpc) is 2.01. The van der Waals surface area contributed by atoms with E-state index in [1.165, 1.54) is 0 Å². The van der Waals surface area contributed by atoms with Crippen LogP contribution >= 0.6 is 11.6 Å². The molecule has 0 aromatic heterocycles. The van der Waals surface area contributed by atoms with Gasteiger partial charge in [0.1, 0.15) is 5.75 Å². The third-order valence-corrected chi connectivity index (χ3v) is 2.45. The molecule has 1 N–H and O–H groups in total. The van der Waals surface area contributed by atoms with E-state index >= 15 is 0 Å². The number of phenols is 1. The minimum atomic E-state index is 0.212. The second kappa shape index (κ2) is 4.05. The molecule has 0 heterocycles. The van der Waals surface area contributed by atoms with Crippen LogP contribution in [-0.4, -0.2) is 5.11 Å². The Hall–Kier alpha value is -0.950. The zero-order valence-corrected chi connectivity index (χ0v) is 9.52. The van der Waals surface area contributed by atoms with Gasteiger partial charge in [0.15, 0.2) is 0 Å². The van der Waals surface area contributed by atoms with Crippen molar-refractivity contribution in [3.63, 3.8) is 0 Å². The molecule has 0 aliphatic carbocycles. The largest absolute Gasteiger partial charge is 0.508 e. The predicted octanol–water partition coefficient (Wildman–Crippen LogP) is 4.20. The highest BCUT2D eigenvalue weighted by molar-refractivity contribution is 6.32. The van der Waals surface area contributed by atoms with Gasteiger partial charge in [0, 0.05) is 0 Å². The fourth-order valence-electron chi connectivity index (χ4n) is 1.52. The molecule has 14 heavy (non-hydrogen) atoms. The minimum absolute atomic E-state index is 0.212. The third-order valence-electron chi connectivity index (χ3n) is 2.15. The topological polar surface area (TPSA) is 20.2 Å². The lowest BCUT2D eigenvalue weighted by atomic mass is 9.93. The van der Waals surface area contributed by atoms with E-state index in [4.69, 9.17) is 11.6 Å². The first-order valence-electron chi connectivity index (χ1n) is 4.61. The Balaban J connectivity index is 3.44. The first-order valence-corrected chi connectivity index (χ1v) is 4.99. The number of hydrogen-bond donors (Lipinski definition) is 1. The number of allylic oxidation sites excluding steroid dienone is 1. The van der Waals surface area contributed by atoms with Crippen molar-refractivity contribution in [3.05, 3.63) is 34.9 Å². The highest BCUT2D eigenvalue weighted by Gasteiger charge is 2.12. The average molecular weight is 211 g/mol. The Morgan fingerprint density at radius 3 is 2.43 bits per heavy atom. The first kappa shape index (κ1) is 11.1. The van der Waals surface area contributed by atoms with Crippen molar-refractivity contribution >= 4 is 17.2 Å². The van der Waals surface area contributed by atoms with Crippen molar-refractivity contribution in [1.29, 1.82) is 0 Å². The third kappa shape index (κ3) is 2.10. The van der Waals surface area contributed by atoms with Crippen molar-refractivity contribution in [1.82, 2.24) is 0 Å². The Kier molecular flexibility index (Phi) is 3.22. The lowest BCUT2D eigenvalue weighted by Gasteiger charge is -2.14. The fourth-order valence-corrected chi connectivity index (χ4v) is 1.90. The second-order valence-electron chi connectivity index (χ2n) is 3.83. The van der Waals surface area contributed by atoms with E-state index in [1.54, 1.807) is 12.1 Å². The highest BCUT2D eigenvalue weighted by atomic mass is 35.5. The highest BCUT2D eigenvalue weighted by Crippen LogP contribution is 2.34. The summed E-state index contributed by atoms with van der Waals surface area (Å²) in [6.45, 7) is 9.95. The number of hydrogen-bond acceptors (Lipinski definition) is 1. The molecule has 0 radical (unpaired) electrons. The van der Waals surface area contributed by atoms with E-state index < -0.39 is 0 Å². The summed E-state index contributed by atoms with van der Waals surface area (Å²) >= 11 is 6.05. The number of rotatable bonds is 2. The zero-order valence-electron chi connectivity index (χ0n) is 8.76. The van der Waals surface area contributed by atoms with E-state index in [0.29, 0.717) is 10.9 Å². The summed E-state index contributed by atoms with van der Waals surface area (Å²) in [7, 11) is 0. The summed E-state index contributed by atoms with van der Waals surface area (Å²) in [6.07, 6.45) is 0. The molecule has 2 heteroatoms. The van der Waals surface area contributed by atoms with E-state index in [2.05, 4.69) is 20.4 Å². The summed E-state index contributed by atoms with van der Waals surface area (Å²) in [5.41, 5.74) is 2.93. The molecule has 0 amide bonds. The minimum Gasteiger partial charge on any atom is -0.508 e. The monoisotopic (exact) mass is 210 g/mol. The van der Waals surface area contributed by atoms with Crippen LogP contribution in [0, 0.1) is 0 Å². The second-order valence-corrected chi connectivity index (χ2v) is 4.23. The summed E-state index contributed by atoms with van der Waals surface area (Å²) < 4.78 is 0. The molecule has 0 unspecified atom stereocenters. The molecule has 0 saturated carbocycles. The molecular weight excluding hydrogens is 196 g/mol. The molecule has 0 saturated heterocycles. The van der Waals surface area contributed by atoms with Gasteiger partial charge < -0.3 is 5.11 Å². The summed E-state index contributed by atoms with van der Waals surface area (Å²) in [6, 6.07) is 3.30. The standard InChI is InChI=1S/C12H15ClO/c1-7(2)10-5-9(14)6-11(13)12(10)8(3)4/h5-7,14H,3H2,1-2,4H3. The van der Waals surface area contributed by atoms with Gasteiger partial charge in [-0.1, -0.05) is 32.0 Å². The molecule has 0 aliphatic rings. The Morgan fingerprint density at radius 1 is 1.43 bits per heavy atom. The quantitative estimate of drug-likeness (QED) is 0.776. The molecule has 1 rings (SSSR count). The van der Waals surface area contributed by atoms with Gasteiger partial charge in [0.25, 0.3) is 0 Å². The molecule has 0 atom stereocenters. The van der Waals surface area contributed by atoms with Gasteiger partial charge in [-0.25, -0.2) is 0 Å². The molecule has 76 valence electrons. The van der Waals surface area contributed by atoms with Gasteiger partial charge >= 0.3 is 0 Å². The maximum atomic E-state index is 9.43. The van der Waals surface area contributed by atoms with E-state index in [-0.39, 0.29) is 5.75 Å². The predicted molar refractivity (Wildman–Crippen MR) is 61.9 cm³/mol. The molecule has 1 aromatic carbocycles. The Labute approximate surface area is 90.0 Å². The maximum absolute atomic E-state index is 9.43. The molecule has 0 fully saturated rings. The molecular formula is C12H15ClO. The SMILES string of the molecule is C=C(C)c1c(Cl)cc(O)cc1C(C)C. The van der Waals surface area contributed by atoms with Crippen molar-refractivity contribution in [2.45, 2.75) is 26.7 Å². The van der Waals surface area contributed by atoms with Gasteiger partial charge in [0.2, 0.25) is 0 Å². The van der Waals surface area contributed by atoms with E-state index in [0.717, 1.165) is 16.7 Å². The van der Waals surface area contributed by atoms with Crippen molar-refractivity contribution in [2.75, 3.05) is 0 Å². The van der Waals surface area contributed by atoms with Crippen LogP contribution < -0.4 is 0 Å². The molecule has 0 spiro atoms. The van der Waals surface area contributed by atoms with Gasteiger partial charge in [-0.15, -0.1) is 0 Å². The van der Waals surface area contributed by atoms with Gasteiger partial charge in [-0.05, 0) is 41.7 Å². The van der Waals surface area contributed by atoms with Crippen molar-refractivity contribution < 1.29 is 5.11 Å². The van der Waals surface area contributed by atoms with Crippen LogP contribution in [0.4, 0.5) is 0 Å². The van der Waals surface area contributed by atoms with Crippen LogP contribution in [0.1, 0.15) is 37.8 Å². The Bertz CT molecular complexity index is 367. The molecule has 1 nitrogen and oxygen atoms in total. The van der Waals surface area contributed by atoms with Crippen molar-refractivity contribution in [3.8, 4) is 5.75 Å². The summed E-state index contributed by atoms with van der Waals surface area (Å²) in [5, 5.41) is 10.0. The first-order chi connectivity index (χ1) is 6.43. The molecule has 0 aliphatic heterocycles. The molecule has 0 bridgehead atoms. The van der Waals surface area contributed by atoms with Crippen LogP contribution in [0.15, 0.2) is 18.7 Å². The van der Waals surface area contributed by atoms with Gasteiger partial charge in [-0.3, -0.25) is 0 Å². The zero-order chi connectivity index (χ0) is 10.9. The van der Waals surface area contributed by atoms with Crippen LogP contribution in [0.3, 0.4) is 0 Å². The number of phenolic OH excluding ortho intramolecular Hbond substituents is 1. The number of benzene rings is 1. The van der Waals surface area contributed by atoms with Crippen LogP contribution in [0.25, 0.3) is 5.57 Å². The Morgan fingerprint density at radius 2 is 2.00 bits per heavy atom. The molecule has 1 aromatic rings. The summed E-state index contributed by atoms with van der Waals surface area (Å²) in [4.78, 5) is 0. The lowest BCUT2D eigenvalue weighted by molar-refractivity contribution is 0.474. The van der Waals surface area contributed by atoms with Gasteiger partial charge in [-0.2, -0.15) is 0 Å². The van der Waals surface area contributed by atoms with E-state index in [1.807, 2.05) is 6.92 Å². The number of halogens is 1. The van der Waals surface area contributed by atoms with Crippen LogP contribution in [-0.2, 0) is 0 Å². The number of aromatic hydroxyl groups is 1. The van der Waals surface area contributed by atoms with Crippen LogP contribution in [0.2, 0.25) is 5.02 Å². The van der Waals surface area contributed by atoms with Crippen molar-refractivity contribution in [2.24, 2.45) is 0 Å².